The van der Waals surface area contributed by atoms with Gasteiger partial charge in [0.15, 0.2) is 0 Å². The first-order chi connectivity index (χ1) is 7.45. The second-order valence-electron chi connectivity index (χ2n) is 3.13. The average Bonchev–Trinajstić information content (AvgIpc) is 2.27. The Labute approximate surface area is 103 Å². The van der Waals surface area contributed by atoms with E-state index in [1.807, 2.05) is 0 Å². The van der Waals surface area contributed by atoms with Crippen LogP contribution in [0.2, 0.25) is 0 Å². The summed E-state index contributed by atoms with van der Waals surface area (Å²) in [6.07, 6.45) is 0.379. The first-order valence-electron chi connectivity index (χ1n) is 4.55. The molecule has 0 aromatic carbocycles. The summed E-state index contributed by atoms with van der Waals surface area (Å²) < 4.78 is 15.2. The molecule has 0 aliphatic carbocycles. The molecular weight excluding hydrogens is 267 g/mol. The Balaban J connectivity index is 3.95. The molecule has 0 heterocycles. The fraction of sp³-hybridized carbons (Fsp3) is 0.714. The molecule has 1 amide bonds. The predicted octanol–water partition coefficient (Wildman–Crippen LogP) is 1.80. The predicted molar refractivity (Wildman–Crippen MR) is 70.9 cm³/mol. The van der Waals surface area contributed by atoms with E-state index in [0.29, 0.717) is 36.1 Å². The smallest absolute Gasteiger partial charge is 0.355 e. The van der Waals surface area contributed by atoms with Gasteiger partial charge in [0, 0.05) is 12.5 Å². The molecular formula is C7H16N4O2PS2+. The SMILES string of the molecule is CC(C)C(=O)NCCC#[N+]P(=O)(SN)SN. The van der Waals surface area contributed by atoms with Gasteiger partial charge in [-0.05, 0) is 4.62 Å². The zero-order valence-corrected chi connectivity index (χ0v) is 11.7. The molecule has 9 heteroatoms. The molecule has 0 radical (unpaired) electrons. The molecule has 5 N–H and O–H groups in total. The molecule has 92 valence electrons. The average molecular weight is 283 g/mol. The number of hydrogen-bond donors (Lipinski definition) is 3. The zero-order valence-electron chi connectivity index (χ0n) is 9.17. The van der Waals surface area contributed by atoms with E-state index in [2.05, 4.69) is 16.0 Å². The van der Waals surface area contributed by atoms with Gasteiger partial charge >= 0.3 is 5.70 Å². The number of nitrogens with zero attached hydrogens (tertiary/aromatic N) is 1. The van der Waals surface area contributed by atoms with Crippen LogP contribution in [0.1, 0.15) is 20.3 Å². The third-order valence-corrected chi connectivity index (χ3v) is 6.08. The van der Waals surface area contributed by atoms with Crippen LogP contribution in [0.5, 0.6) is 0 Å². The molecule has 0 saturated carbocycles. The maximum Gasteiger partial charge on any atom is 0.579 e. The Morgan fingerprint density at radius 2 is 2.06 bits per heavy atom. The van der Waals surface area contributed by atoms with Gasteiger partial charge in [-0.3, -0.25) is 15.1 Å². The number of rotatable bonds is 5. The van der Waals surface area contributed by atoms with Crippen molar-refractivity contribution in [1.82, 2.24) is 5.32 Å². The van der Waals surface area contributed by atoms with Crippen LogP contribution in [0.25, 0.3) is 4.62 Å². The Morgan fingerprint density at radius 3 is 2.50 bits per heavy atom. The van der Waals surface area contributed by atoms with Crippen molar-refractivity contribution in [2.24, 2.45) is 16.2 Å². The number of nitrogens with one attached hydrogen (secondary N) is 1. The topological polar surface area (TPSA) is 103 Å². The Hall–Kier alpha value is -0.190. The summed E-state index contributed by atoms with van der Waals surface area (Å²) in [5.41, 5.74) is -2.97. The number of hydrogen-bond acceptors (Lipinski definition) is 6. The standard InChI is InChI=1S/C7H15N4O2PS2/c1-6(2)7(12)10-4-3-5-11-14(13,15-8)16-9/h6H,3-4,8-9H2,1-2H3/p+1. The highest BCUT2D eigenvalue weighted by Gasteiger charge is 2.33. The lowest BCUT2D eigenvalue weighted by Crippen LogP contribution is -2.28. The van der Waals surface area contributed by atoms with Crippen molar-refractivity contribution in [3.8, 4) is 6.07 Å². The minimum Gasteiger partial charge on any atom is -0.355 e. The van der Waals surface area contributed by atoms with Gasteiger partial charge in [-0.25, -0.2) is 4.57 Å². The van der Waals surface area contributed by atoms with Crippen molar-refractivity contribution in [1.29, 1.82) is 0 Å². The Morgan fingerprint density at radius 1 is 1.50 bits per heavy atom. The van der Waals surface area contributed by atoms with Crippen LogP contribution in [0.15, 0.2) is 0 Å². The van der Waals surface area contributed by atoms with Crippen molar-refractivity contribution in [2.45, 2.75) is 20.3 Å². The number of nitrogens with two attached hydrogens (primary N) is 2. The normalized spacial score (nSPS) is 10.8. The summed E-state index contributed by atoms with van der Waals surface area (Å²) in [6, 6.07) is 2.57. The maximum absolute atomic E-state index is 11.5. The Bertz CT molecular complexity index is 331. The van der Waals surface area contributed by atoms with Gasteiger partial charge in [0.1, 0.15) is 0 Å². The highest BCUT2D eigenvalue weighted by atomic mass is 33.1. The highest BCUT2D eigenvalue weighted by molar-refractivity contribution is 8.90. The molecule has 0 aliphatic rings. The molecule has 0 atom stereocenters. The molecule has 0 aromatic heterocycles. The van der Waals surface area contributed by atoms with Crippen LogP contribution in [0.4, 0.5) is 0 Å². The van der Waals surface area contributed by atoms with Gasteiger partial charge in [-0.2, -0.15) is 0 Å². The molecule has 0 bridgehead atoms. The molecule has 0 fully saturated rings. The summed E-state index contributed by atoms with van der Waals surface area (Å²) in [5, 5.41) is 13.0. The largest absolute Gasteiger partial charge is 0.579 e. The lowest BCUT2D eigenvalue weighted by atomic mass is 10.2. The summed E-state index contributed by atoms with van der Waals surface area (Å²) in [5.74, 6) is -0.0892. The molecule has 6 nitrogen and oxygen atoms in total. The fourth-order valence-corrected chi connectivity index (χ4v) is 2.30. The molecule has 0 spiro atoms. The van der Waals surface area contributed by atoms with Crippen LogP contribution >= 0.6 is 28.8 Å². The third-order valence-electron chi connectivity index (χ3n) is 1.52. The summed E-state index contributed by atoms with van der Waals surface area (Å²) in [4.78, 5) is 11.1. The van der Waals surface area contributed by atoms with Crippen molar-refractivity contribution in [3.05, 3.63) is 4.62 Å². The van der Waals surface area contributed by atoms with Gasteiger partial charge in [0.2, 0.25) is 5.91 Å². The number of carbonyl (C=O) groups is 1. The maximum atomic E-state index is 11.5. The van der Waals surface area contributed by atoms with E-state index in [9.17, 15) is 9.36 Å². The molecule has 0 aliphatic heterocycles. The first kappa shape index (κ1) is 15.8. The number of amides is 1. The summed E-state index contributed by atoms with van der Waals surface area (Å²) in [7, 11) is 0. The van der Waals surface area contributed by atoms with E-state index < -0.39 is 5.70 Å². The monoisotopic (exact) mass is 283 g/mol. The lowest BCUT2D eigenvalue weighted by Gasteiger charge is -2.03. The molecule has 0 rings (SSSR count). The van der Waals surface area contributed by atoms with Crippen LogP contribution in [0, 0.1) is 12.0 Å². The highest BCUT2D eigenvalue weighted by Crippen LogP contribution is 2.65. The fourth-order valence-electron chi connectivity index (χ4n) is 0.654. The van der Waals surface area contributed by atoms with Crippen molar-refractivity contribution in [2.75, 3.05) is 6.54 Å². The van der Waals surface area contributed by atoms with Gasteiger partial charge in [-0.1, -0.05) is 13.8 Å². The lowest BCUT2D eigenvalue weighted by molar-refractivity contribution is -0.123. The van der Waals surface area contributed by atoms with E-state index in [1.54, 1.807) is 13.8 Å². The van der Waals surface area contributed by atoms with Gasteiger partial charge in [0.25, 0.3) is 6.07 Å². The van der Waals surface area contributed by atoms with E-state index in [1.165, 1.54) is 0 Å². The van der Waals surface area contributed by atoms with Gasteiger partial charge in [-0.15, -0.1) is 0 Å². The van der Waals surface area contributed by atoms with Crippen molar-refractivity contribution >= 4 is 34.7 Å². The Kier molecular flexibility index (Phi) is 7.89. The quantitative estimate of drug-likeness (QED) is 0.404. The van der Waals surface area contributed by atoms with Gasteiger partial charge in [0.05, 0.1) is 29.6 Å². The first-order valence-corrected chi connectivity index (χ1v) is 9.18. The van der Waals surface area contributed by atoms with E-state index in [-0.39, 0.29) is 11.8 Å². The second kappa shape index (κ2) is 7.98. The minimum absolute atomic E-state index is 0.0358. The van der Waals surface area contributed by atoms with Crippen molar-refractivity contribution in [3.63, 3.8) is 0 Å². The van der Waals surface area contributed by atoms with Gasteiger partial charge < -0.3 is 5.32 Å². The van der Waals surface area contributed by atoms with Crippen LogP contribution in [-0.4, -0.2) is 12.5 Å². The summed E-state index contributed by atoms with van der Waals surface area (Å²) >= 11 is 1.24. The van der Waals surface area contributed by atoms with E-state index >= 15 is 0 Å². The zero-order chi connectivity index (χ0) is 12.6. The molecule has 0 aromatic rings. The molecule has 0 unspecified atom stereocenters. The second-order valence-corrected chi connectivity index (χ2v) is 9.62. The molecule has 0 saturated heterocycles. The van der Waals surface area contributed by atoms with Crippen LogP contribution in [0.3, 0.4) is 0 Å². The number of carbonyl (C=O) groups excluding carboxylic acids is 1. The summed E-state index contributed by atoms with van der Waals surface area (Å²) in [6.45, 7) is 4.01. The molecule has 16 heavy (non-hydrogen) atoms. The third kappa shape index (κ3) is 6.40. The van der Waals surface area contributed by atoms with E-state index in [4.69, 9.17) is 10.3 Å². The van der Waals surface area contributed by atoms with Crippen LogP contribution in [-0.2, 0) is 9.36 Å². The van der Waals surface area contributed by atoms with Crippen LogP contribution < -0.4 is 15.6 Å². The van der Waals surface area contributed by atoms with Crippen molar-refractivity contribution < 1.29 is 9.36 Å². The van der Waals surface area contributed by atoms with E-state index in [0.717, 1.165) is 0 Å². The minimum atomic E-state index is -2.97.